The fourth-order valence-electron chi connectivity index (χ4n) is 3.90. The second-order valence-corrected chi connectivity index (χ2v) is 7.32. The summed E-state index contributed by atoms with van der Waals surface area (Å²) in [6.45, 7) is 4.89. The lowest BCUT2D eigenvalue weighted by molar-refractivity contribution is 0.0369. The number of aryl methyl sites for hydroxylation is 1. The number of hydrogen-bond donors (Lipinski definition) is 0. The van der Waals surface area contributed by atoms with Crippen LogP contribution in [-0.2, 0) is 11.3 Å². The van der Waals surface area contributed by atoms with Gasteiger partial charge in [-0.15, -0.1) is 0 Å². The van der Waals surface area contributed by atoms with Gasteiger partial charge in [-0.05, 0) is 36.8 Å². The van der Waals surface area contributed by atoms with Crippen molar-refractivity contribution in [2.24, 2.45) is 0 Å². The van der Waals surface area contributed by atoms with E-state index in [1.54, 1.807) is 22.9 Å². The molecular formula is C21H21FN6O2. The van der Waals surface area contributed by atoms with Crippen LogP contribution >= 0.6 is 0 Å². The van der Waals surface area contributed by atoms with Crippen LogP contribution in [0.2, 0.25) is 0 Å². The smallest absolute Gasteiger partial charge is 0.262 e. The maximum Gasteiger partial charge on any atom is 0.262 e. The zero-order valence-corrected chi connectivity index (χ0v) is 16.4. The molecule has 0 atom stereocenters. The SMILES string of the molecule is O=c1c2c(-c3ccc(F)cc3)n3ncnc3nc2ccn1CCCN1CCOCC1. The van der Waals surface area contributed by atoms with Crippen LogP contribution in [0.4, 0.5) is 4.39 Å². The maximum absolute atomic E-state index is 13.5. The number of fused-ring (bicyclic) bond motifs is 2. The first-order valence-electron chi connectivity index (χ1n) is 9.99. The summed E-state index contributed by atoms with van der Waals surface area (Å²) in [4.78, 5) is 24.4. The highest BCUT2D eigenvalue weighted by Gasteiger charge is 2.17. The van der Waals surface area contributed by atoms with Crippen LogP contribution in [0.5, 0.6) is 0 Å². The van der Waals surface area contributed by atoms with Crippen molar-refractivity contribution in [3.8, 4) is 11.3 Å². The van der Waals surface area contributed by atoms with E-state index in [4.69, 9.17) is 4.74 Å². The number of aromatic nitrogens is 5. The van der Waals surface area contributed by atoms with Crippen molar-refractivity contribution in [1.82, 2.24) is 29.0 Å². The van der Waals surface area contributed by atoms with Crippen LogP contribution in [0, 0.1) is 5.82 Å². The summed E-state index contributed by atoms with van der Waals surface area (Å²) in [6.07, 6.45) is 4.03. The minimum Gasteiger partial charge on any atom is -0.379 e. The Bertz CT molecular complexity index is 1240. The minimum absolute atomic E-state index is 0.140. The third-order valence-corrected chi connectivity index (χ3v) is 5.44. The molecule has 154 valence electrons. The van der Waals surface area contributed by atoms with Gasteiger partial charge >= 0.3 is 0 Å². The molecule has 4 heterocycles. The van der Waals surface area contributed by atoms with Crippen molar-refractivity contribution in [2.75, 3.05) is 32.8 Å². The molecule has 0 radical (unpaired) electrons. The molecule has 0 unspecified atom stereocenters. The molecular weight excluding hydrogens is 387 g/mol. The fourth-order valence-corrected chi connectivity index (χ4v) is 3.90. The van der Waals surface area contributed by atoms with Gasteiger partial charge in [0, 0.05) is 37.9 Å². The highest BCUT2D eigenvalue weighted by molar-refractivity contribution is 5.93. The average Bonchev–Trinajstić information content (AvgIpc) is 3.24. The molecule has 1 saturated heterocycles. The Labute approximate surface area is 171 Å². The monoisotopic (exact) mass is 408 g/mol. The average molecular weight is 408 g/mol. The van der Waals surface area contributed by atoms with Crippen molar-refractivity contribution in [2.45, 2.75) is 13.0 Å². The fraction of sp³-hybridized carbons (Fsp3) is 0.333. The molecule has 0 bridgehead atoms. The predicted octanol–water partition coefficient (Wildman–Crippen LogP) is 1.97. The van der Waals surface area contributed by atoms with Crippen LogP contribution in [0.25, 0.3) is 27.9 Å². The second-order valence-electron chi connectivity index (χ2n) is 7.32. The van der Waals surface area contributed by atoms with E-state index in [0.717, 1.165) is 39.3 Å². The molecule has 0 saturated carbocycles. The van der Waals surface area contributed by atoms with Crippen molar-refractivity contribution in [1.29, 1.82) is 0 Å². The number of rotatable bonds is 5. The van der Waals surface area contributed by atoms with Crippen molar-refractivity contribution < 1.29 is 9.13 Å². The third kappa shape index (κ3) is 3.46. The van der Waals surface area contributed by atoms with E-state index in [1.165, 1.54) is 23.0 Å². The van der Waals surface area contributed by atoms with Crippen LogP contribution in [0.15, 0.2) is 47.7 Å². The van der Waals surface area contributed by atoms with Crippen LogP contribution in [0.3, 0.4) is 0 Å². The topological polar surface area (TPSA) is 77.6 Å². The summed E-state index contributed by atoms with van der Waals surface area (Å²) >= 11 is 0. The van der Waals surface area contributed by atoms with E-state index in [2.05, 4.69) is 20.0 Å². The van der Waals surface area contributed by atoms with Crippen molar-refractivity contribution >= 4 is 16.7 Å². The van der Waals surface area contributed by atoms with Gasteiger partial charge in [-0.2, -0.15) is 14.6 Å². The number of halogens is 1. The van der Waals surface area contributed by atoms with Gasteiger partial charge < -0.3 is 9.30 Å². The molecule has 30 heavy (non-hydrogen) atoms. The lowest BCUT2D eigenvalue weighted by Gasteiger charge is -2.26. The number of nitrogens with zero attached hydrogens (tertiary/aromatic N) is 6. The first kappa shape index (κ1) is 18.8. The summed E-state index contributed by atoms with van der Waals surface area (Å²) in [5.74, 6) is 0.0544. The van der Waals surface area contributed by atoms with E-state index < -0.39 is 0 Å². The van der Waals surface area contributed by atoms with Gasteiger partial charge in [-0.3, -0.25) is 9.69 Å². The summed E-state index contributed by atoms with van der Waals surface area (Å²) in [5, 5.41) is 4.70. The largest absolute Gasteiger partial charge is 0.379 e. The van der Waals surface area contributed by atoms with Gasteiger partial charge in [0.25, 0.3) is 11.3 Å². The minimum atomic E-state index is -0.340. The molecule has 0 N–H and O–H groups in total. The molecule has 1 fully saturated rings. The first-order chi connectivity index (χ1) is 14.7. The lowest BCUT2D eigenvalue weighted by atomic mass is 10.1. The van der Waals surface area contributed by atoms with Gasteiger partial charge in [0.1, 0.15) is 12.1 Å². The molecule has 0 aliphatic carbocycles. The van der Waals surface area contributed by atoms with Crippen LogP contribution in [-0.4, -0.2) is 61.9 Å². The standard InChI is InChI=1S/C21H21FN6O2/c22-16-4-2-15(3-5-16)19-18-17(25-21-23-14-24-28(19)21)6-9-27(20(18)29)8-1-7-26-10-12-30-13-11-26/h2-6,9,14H,1,7-8,10-13H2. The first-order valence-corrected chi connectivity index (χ1v) is 9.99. The number of benzene rings is 1. The maximum atomic E-state index is 13.5. The van der Waals surface area contributed by atoms with E-state index >= 15 is 0 Å². The van der Waals surface area contributed by atoms with Gasteiger partial charge in [0.05, 0.1) is 29.8 Å². The zero-order valence-electron chi connectivity index (χ0n) is 16.4. The van der Waals surface area contributed by atoms with Crippen molar-refractivity contribution in [3.05, 3.63) is 59.0 Å². The summed E-state index contributed by atoms with van der Waals surface area (Å²) in [6, 6.07) is 7.84. The molecule has 8 nitrogen and oxygen atoms in total. The Kier molecular flexibility index (Phi) is 4.97. The number of hydrogen-bond acceptors (Lipinski definition) is 6. The highest BCUT2D eigenvalue weighted by atomic mass is 19.1. The van der Waals surface area contributed by atoms with Crippen LogP contribution in [0.1, 0.15) is 6.42 Å². The van der Waals surface area contributed by atoms with Gasteiger partial charge in [0.15, 0.2) is 0 Å². The predicted molar refractivity (Wildman–Crippen MR) is 110 cm³/mol. The molecule has 9 heteroatoms. The Morgan fingerprint density at radius 1 is 1.07 bits per heavy atom. The Morgan fingerprint density at radius 2 is 1.87 bits per heavy atom. The molecule has 0 amide bonds. The zero-order chi connectivity index (χ0) is 20.5. The highest BCUT2D eigenvalue weighted by Crippen LogP contribution is 2.26. The molecule has 4 aromatic rings. The lowest BCUT2D eigenvalue weighted by Crippen LogP contribution is -2.37. The number of morpholine rings is 1. The molecule has 1 aromatic carbocycles. The molecule has 5 rings (SSSR count). The Balaban J connectivity index is 1.56. The second kappa shape index (κ2) is 7.92. The van der Waals surface area contributed by atoms with E-state index in [9.17, 15) is 9.18 Å². The third-order valence-electron chi connectivity index (χ3n) is 5.44. The Morgan fingerprint density at radius 3 is 2.67 bits per heavy atom. The van der Waals surface area contributed by atoms with Gasteiger partial charge in [-0.1, -0.05) is 0 Å². The van der Waals surface area contributed by atoms with E-state index in [1.807, 2.05) is 6.07 Å². The van der Waals surface area contributed by atoms with E-state index in [-0.39, 0.29) is 11.4 Å². The summed E-state index contributed by atoms with van der Waals surface area (Å²) in [5.41, 5.74) is 1.66. The summed E-state index contributed by atoms with van der Waals surface area (Å²) in [7, 11) is 0. The summed E-state index contributed by atoms with van der Waals surface area (Å²) < 4.78 is 22.1. The quantitative estimate of drug-likeness (QED) is 0.503. The number of pyridine rings is 1. The van der Waals surface area contributed by atoms with Crippen LogP contribution < -0.4 is 5.56 Å². The van der Waals surface area contributed by atoms with Gasteiger partial charge in [0.2, 0.25) is 0 Å². The Hall–Kier alpha value is -3.17. The normalized spacial score (nSPS) is 15.2. The van der Waals surface area contributed by atoms with Crippen molar-refractivity contribution in [3.63, 3.8) is 0 Å². The van der Waals surface area contributed by atoms with Gasteiger partial charge in [-0.25, -0.2) is 9.37 Å². The molecule has 0 spiro atoms. The van der Waals surface area contributed by atoms with E-state index in [0.29, 0.717) is 34.5 Å². The molecule has 3 aromatic heterocycles. The number of ether oxygens (including phenoxy) is 1. The molecule has 1 aliphatic rings. The molecule has 1 aliphatic heterocycles.